The second-order valence-electron chi connectivity index (χ2n) is 6.78. The summed E-state index contributed by atoms with van der Waals surface area (Å²) in [6.45, 7) is 0. The van der Waals surface area contributed by atoms with Crippen molar-refractivity contribution in [3.63, 3.8) is 0 Å². The third-order valence-corrected chi connectivity index (χ3v) is 6.91. The van der Waals surface area contributed by atoms with Crippen molar-refractivity contribution in [1.29, 1.82) is 0 Å². The lowest BCUT2D eigenvalue weighted by Crippen LogP contribution is -2.19. The van der Waals surface area contributed by atoms with Gasteiger partial charge in [-0.25, -0.2) is 9.97 Å². The zero-order chi connectivity index (χ0) is 15.6. The molecular formula is C18H25N3S2. The molecule has 1 saturated carbocycles. The Morgan fingerprint density at radius 1 is 1.00 bits per heavy atom. The Bertz CT molecular complexity index is 687. The number of aryl methyl sites for hydroxylation is 2. The van der Waals surface area contributed by atoms with Crippen molar-refractivity contribution in [1.82, 2.24) is 9.97 Å². The Kier molecular flexibility index (Phi) is 4.76. The molecule has 2 aromatic rings. The summed E-state index contributed by atoms with van der Waals surface area (Å²) in [6.07, 6.45) is 15.2. The van der Waals surface area contributed by atoms with E-state index >= 15 is 0 Å². The number of anilines is 1. The number of thioether (sulfide) groups is 1. The van der Waals surface area contributed by atoms with Gasteiger partial charge in [0.05, 0.1) is 5.39 Å². The quantitative estimate of drug-likeness (QED) is 0.456. The van der Waals surface area contributed by atoms with Gasteiger partial charge in [-0.15, -0.1) is 11.3 Å². The van der Waals surface area contributed by atoms with E-state index < -0.39 is 0 Å². The van der Waals surface area contributed by atoms with Gasteiger partial charge in [0.1, 0.15) is 10.6 Å². The van der Waals surface area contributed by atoms with Crippen molar-refractivity contribution in [3.8, 4) is 0 Å². The molecule has 2 aliphatic carbocycles. The minimum absolute atomic E-state index is 0.587. The maximum Gasteiger partial charge on any atom is 0.190 e. The van der Waals surface area contributed by atoms with E-state index in [0.717, 1.165) is 11.0 Å². The minimum atomic E-state index is 0.587. The largest absolute Gasteiger partial charge is 0.367 e. The van der Waals surface area contributed by atoms with Crippen LogP contribution in [0.15, 0.2) is 5.16 Å². The summed E-state index contributed by atoms with van der Waals surface area (Å²) >= 11 is 3.56. The molecule has 1 fully saturated rings. The smallest absolute Gasteiger partial charge is 0.190 e. The molecule has 5 heteroatoms. The Balaban J connectivity index is 1.74. The lowest BCUT2D eigenvalue weighted by atomic mass is 9.97. The van der Waals surface area contributed by atoms with Crippen molar-refractivity contribution in [2.24, 2.45) is 0 Å². The normalized spacial score (nSPS) is 19.5. The highest BCUT2D eigenvalue weighted by Crippen LogP contribution is 2.39. The predicted octanol–water partition coefficient (Wildman–Crippen LogP) is 5.43. The number of thiophene rings is 1. The first-order chi connectivity index (χ1) is 11.3. The molecular weight excluding hydrogens is 322 g/mol. The summed E-state index contributed by atoms with van der Waals surface area (Å²) in [5.74, 6) is 1.12. The van der Waals surface area contributed by atoms with Crippen molar-refractivity contribution in [3.05, 3.63) is 10.4 Å². The molecule has 1 N–H and O–H groups in total. The van der Waals surface area contributed by atoms with E-state index in [2.05, 4.69) is 11.6 Å². The molecule has 0 atom stereocenters. The van der Waals surface area contributed by atoms with Crippen LogP contribution in [0.5, 0.6) is 0 Å². The van der Waals surface area contributed by atoms with E-state index in [0.29, 0.717) is 6.04 Å². The van der Waals surface area contributed by atoms with Gasteiger partial charge in [-0.1, -0.05) is 37.4 Å². The predicted molar refractivity (Wildman–Crippen MR) is 101 cm³/mol. The second kappa shape index (κ2) is 6.98. The van der Waals surface area contributed by atoms with Crippen LogP contribution in [-0.4, -0.2) is 22.3 Å². The number of fused-ring (bicyclic) bond motifs is 3. The highest BCUT2D eigenvalue weighted by atomic mass is 32.2. The molecule has 2 aromatic heterocycles. The van der Waals surface area contributed by atoms with Crippen LogP contribution >= 0.6 is 23.1 Å². The van der Waals surface area contributed by atoms with Crippen molar-refractivity contribution < 1.29 is 0 Å². The third kappa shape index (κ3) is 3.22. The Labute approximate surface area is 146 Å². The maximum atomic E-state index is 4.87. The monoisotopic (exact) mass is 347 g/mol. The van der Waals surface area contributed by atoms with Gasteiger partial charge in [-0.05, 0) is 50.3 Å². The van der Waals surface area contributed by atoms with Gasteiger partial charge in [0.25, 0.3) is 0 Å². The lowest BCUT2D eigenvalue weighted by molar-refractivity contribution is 0.617. The highest BCUT2D eigenvalue weighted by Gasteiger charge is 2.22. The van der Waals surface area contributed by atoms with Gasteiger partial charge in [0.2, 0.25) is 0 Å². The van der Waals surface area contributed by atoms with E-state index in [1.54, 1.807) is 22.2 Å². The molecule has 124 valence electrons. The molecule has 3 nitrogen and oxygen atoms in total. The molecule has 0 aromatic carbocycles. The molecule has 0 radical (unpaired) electrons. The average molecular weight is 348 g/mol. The fraction of sp³-hybridized carbons (Fsp3) is 0.667. The van der Waals surface area contributed by atoms with Gasteiger partial charge >= 0.3 is 0 Å². The molecule has 0 spiro atoms. The van der Waals surface area contributed by atoms with Gasteiger partial charge in [0, 0.05) is 10.9 Å². The third-order valence-electron chi connectivity index (χ3n) is 5.17. The number of hydrogen-bond acceptors (Lipinski definition) is 5. The van der Waals surface area contributed by atoms with Gasteiger partial charge < -0.3 is 5.32 Å². The minimum Gasteiger partial charge on any atom is -0.367 e. The summed E-state index contributed by atoms with van der Waals surface area (Å²) in [5.41, 5.74) is 1.54. The number of hydrogen-bond donors (Lipinski definition) is 1. The molecule has 4 rings (SSSR count). The zero-order valence-corrected chi connectivity index (χ0v) is 15.5. The Morgan fingerprint density at radius 3 is 2.57 bits per heavy atom. The van der Waals surface area contributed by atoms with Gasteiger partial charge in [-0.2, -0.15) is 0 Å². The molecule has 0 unspecified atom stereocenters. The molecule has 0 bridgehead atoms. The summed E-state index contributed by atoms with van der Waals surface area (Å²) in [5, 5.41) is 6.07. The molecule has 2 heterocycles. The van der Waals surface area contributed by atoms with Crippen molar-refractivity contribution in [2.45, 2.75) is 75.4 Å². The van der Waals surface area contributed by atoms with Crippen LogP contribution in [0.1, 0.15) is 61.8 Å². The van der Waals surface area contributed by atoms with Crippen LogP contribution in [0.3, 0.4) is 0 Å². The van der Waals surface area contributed by atoms with E-state index in [9.17, 15) is 0 Å². The first-order valence-electron chi connectivity index (χ1n) is 8.98. The topological polar surface area (TPSA) is 37.8 Å². The highest BCUT2D eigenvalue weighted by molar-refractivity contribution is 7.98. The summed E-state index contributed by atoms with van der Waals surface area (Å²) in [4.78, 5) is 12.4. The molecule has 0 amide bonds. The van der Waals surface area contributed by atoms with Crippen LogP contribution in [0.2, 0.25) is 0 Å². The Hall–Kier alpha value is -0.810. The summed E-state index contributed by atoms with van der Waals surface area (Å²) in [6, 6.07) is 0.587. The first-order valence-corrected chi connectivity index (χ1v) is 11.0. The van der Waals surface area contributed by atoms with Crippen LogP contribution in [0.4, 0.5) is 5.82 Å². The van der Waals surface area contributed by atoms with Crippen LogP contribution in [0, 0.1) is 0 Å². The number of rotatable bonds is 3. The van der Waals surface area contributed by atoms with Gasteiger partial charge in [0.15, 0.2) is 5.16 Å². The Morgan fingerprint density at radius 2 is 1.78 bits per heavy atom. The lowest BCUT2D eigenvalue weighted by Gasteiger charge is -2.19. The molecule has 0 saturated heterocycles. The summed E-state index contributed by atoms with van der Waals surface area (Å²) in [7, 11) is 0. The van der Waals surface area contributed by atoms with Crippen LogP contribution < -0.4 is 5.32 Å². The fourth-order valence-electron chi connectivity index (χ4n) is 3.95. The zero-order valence-electron chi connectivity index (χ0n) is 13.9. The number of nitrogens with zero attached hydrogens (tertiary/aromatic N) is 2. The van der Waals surface area contributed by atoms with E-state index in [1.165, 1.54) is 74.4 Å². The SMILES string of the molecule is CSc1nc(NC2CCCCCC2)c2c3c(sc2n1)CCCC3. The van der Waals surface area contributed by atoms with Crippen molar-refractivity contribution in [2.75, 3.05) is 11.6 Å². The molecule has 2 aliphatic rings. The van der Waals surface area contributed by atoms with Crippen molar-refractivity contribution >= 4 is 39.1 Å². The van der Waals surface area contributed by atoms with E-state index in [-0.39, 0.29) is 0 Å². The standard InChI is InChI=1S/C18H25N3S2/c1-22-18-20-16(19-12-8-4-2-3-5-9-12)15-13-10-6-7-11-14(13)23-17(15)21-18/h12H,2-11H2,1H3,(H,19,20,21). The molecule has 0 aliphatic heterocycles. The summed E-state index contributed by atoms with van der Waals surface area (Å²) < 4.78 is 0. The van der Waals surface area contributed by atoms with E-state index in [4.69, 9.17) is 9.97 Å². The second-order valence-corrected chi connectivity index (χ2v) is 8.64. The van der Waals surface area contributed by atoms with Gasteiger partial charge in [-0.3, -0.25) is 0 Å². The van der Waals surface area contributed by atoms with Crippen LogP contribution in [-0.2, 0) is 12.8 Å². The first kappa shape index (κ1) is 15.7. The average Bonchev–Trinajstić information content (AvgIpc) is 2.76. The molecule has 23 heavy (non-hydrogen) atoms. The fourth-order valence-corrected chi connectivity index (χ4v) is 5.63. The maximum absolute atomic E-state index is 4.87. The van der Waals surface area contributed by atoms with E-state index in [1.807, 2.05) is 11.3 Å². The number of nitrogens with one attached hydrogen (secondary N) is 1. The van der Waals surface area contributed by atoms with Crippen LogP contribution in [0.25, 0.3) is 10.2 Å². The number of aromatic nitrogens is 2.